The molecule has 0 unspecified atom stereocenters. The quantitative estimate of drug-likeness (QED) is 0.164. The molecule has 9 rings (SSSR count). The fourth-order valence-electron chi connectivity index (χ4n) is 8.88. The van der Waals surface area contributed by atoms with Crippen molar-refractivity contribution in [3.63, 3.8) is 0 Å². The summed E-state index contributed by atoms with van der Waals surface area (Å²) in [4.78, 5) is 5.04. The molecule has 0 bridgehead atoms. The Labute approximate surface area is 377 Å². The highest BCUT2D eigenvalue weighted by Gasteiger charge is 2.24. The third-order valence-corrected chi connectivity index (χ3v) is 12.5. The van der Waals surface area contributed by atoms with Gasteiger partial charge in [0.2, 0.25) is 0 Å². The summed E-state index contributed by atoms with van der Waals surface area (Å²) in [5, 5.41) is 4.71. The number of rotatable bonds is 4. The molecule has 0 amide bonds. The van der Waals surface area contributed by atoms with Gasteiger partial charge in [0, 0.05) is 60.5 Å². The number of benzene rings is 8. The summed E-state index contributed by atoms with van der Waals surface area (Å²) in [6.45, 7) is 8.85. The summed E-state index contributed by atoms with van der Waals surface area (Å²) >= 11 is 0. The van der Waals surface area contributed by atoms with Gasteiger partial charge in [0.25, 0.3) is 0 Å². The molecule has 0 spiro atoms. The molecular formula is C58H56N2O4. The van der Waals surface area contributed by atoms with E-state index < -0.39 is 0 Å². The van der Waals surface area contributed by atoms with Crippen LogP contribution in [0, 0.1) is 0 Å². The Morgan fingerprint density at radius 2 is 0.750 bits per heavy atom. The van der Waals surface area contributed by atoms with Crippen LogP contribution in [0.15, 0.2) is 194 Å². The van der Waals surface area contributed by atoms with E-state index in [2.05, 4.69) is 194 Å². The van der Waals surface area contributed by atoms with E-state index >= 15 is 0 Å². The Kier molecular flexibility index (Phi) is 13.6. The van der Waals surface area contributed by atoms with E-state index in [0.29, 0.717) is 52.6 Å². The molecule has 0 aromatic heterocycles. The Morgan fingerprint density at radius 3 is 1.20 bits per heavy atom. The molecule has 0 aliphatic carbocycles. The van der Waals surface area contributed by atoms with E-state index in [1.807, 2.05) is 24.3 Å². The predicted octanol–water partition coefficient (Wildman–Crippen LogP) is 13.3. The Morgan fingerprint density at radius 1 is 0.359 bits per heavy atom. The van der Waals surface area contributed by atoms with Crippen LogP contribution in [0.5, 0.6) is 23.0 Å². The van der Waals surface area contributed by atoms with Crippen LogP contribution >= 0.6 is 0 Å². The van der Waals surface area contributed by atoms with Crippen molar-refractivity contribution in [3.8, 4) is 23.0 Å². The highest BCUT2D eigenvalue weighted by Crippen LogP contribution is 2.37. The number of nitrogens with zero attached hydrogens (tertiary/aromatic N) is 2. The Hall–Kier alpha value is -6.86. The first kappa shape index (κ1) is 42.4. The first-order valence-corrected chi connectivity index (χ1v) is 22.5. The minimum atomic E-state index is 0.0957. The molecule has 1 heterocycles. The van der Waals surface area contributed by atoms with E-state index in [9.17, 15) is 0 Å². The molecule has 6 heteroatoms. The number of para-hydroxylation sites is 2. The van der Waals surface area contributed by atoms with Gasteiger partial charge < -0.3 is 18.9 Å². The normalized spacial score (nSPS) is 16.2. The molecular weight excluding hydrogens is 789 g/mol. The zero-order valence-electron chi connectivity index (χ0n) is 36.8. The van der Waals surface area contributed by atoms with Crippen LogP contribution in [0.1, 0.15) is 59.3 Å². The summed E-state index contributed by atoms with van der Waals surface area (Å²) in [5.41, 5.74) is 7.03. The average molecular weight is 845 g/mol. The lowest BCUT2D eigenvalue weighted by Gasteiger charge is -2.31. The average Bonchev–Trinajstić information content (AvgIpc) is 3.35. The van der Waals surface area contributed by atoms with Gasteiger partial charge in [-0.25, -0.2) is 0 Å². The van der Waals surface area contributed by atoms with Gasteiger partial charge >= 0.3 is 0 Å². The molecule has 0 radical (unpaired) electrons. The van der Waals surface area contributed by atoms with E-state index in [-0.39, 0.29) is 12.1 Å². The first-order chi connectivity index (χ1) is 31.6. The molecule has 6 nitrogen and oxygen atoms in total. The van der Waals surface area contributed by atoms with Gasteiger partial charge in [0.15, 0.2) is 0 Å². The fraction of sp³-hybridized carbons (Fsp3) is 0.207. The zero-order chi connectivity index (χ0) is 43.5. The zero-order valence-corrected chi connectivity index (χ0v) is 36.8. The standard InChI is InChI=1S/C58H56N2O4/c1-43(45-19-5-3-6-20-45)59-39-49-25-11-15-29-55(49)61-35-17-18-36-62-56-30-16-12-26-50(56)40-60(44(2)46-21-7-4-8-22-46)42-54-52-28-14-10-24-48(52)32-34-58(54)64-38-37-63-57-33-31-47-23-9-13-27-51(47)53(57)41-59/h3-34,43-44H,35-42H2,1-2H3/b18-17-/t43-,44-/m0/s1. The van der Waals surface area contributed by atoms with Crippen LogP contribution in [0.2, 0.25) is 0 Å². The topological polar surface area (TPSA) is 43.4 Å². The predicted molar refractivity (Wildman–Crippen MR) is 260 cm³/mol. The summed E-state index contributed by atoms with van der Waals surface area (Å²) in [6, 6.07) is 64.2. The minimum absolute atomic E-state index is 0.0957. The van der Waals surface area contributed by atoms with Gasteiger partial charge in [-0.15, -0.1) is 0 Å². The second kappa shape index (κ2) is 20.5. The van der Waals surface area contributed by atoms with Gasteiger partial charge in [-0.1, -0.05) is 158 Å². The Bertz CT molecular complexity index is 2610. The van der Waals surface area contributed by atoms with Crippen molar-refractivity contribution in [2.75, 3.05) is 26.4 Å². The lowest BCUT2D eigenvalue weighted by molar-refractivity contribution is 0.177. The van der Waals surface area contributed by atoms with Crippen molar-refractivity contribution in [2.45, 2.75) is 52.1 Å². The minimum Gasteiger partial charge on any atom is -0.490 e. The smallest absolute Gasteiger partial charge is 0.124 e. The van der Waals surface area contributed by atoms with E-state index in [4.69, 9.17) is 18.9 Å². The molecule has 0 saturated carbocycles. The molecule has 0 fully saturated rings. The van der Waals surface area contributed by atoms with E-state index in [0.717, 1.165) is 45.3 Å². The SMILES string of the molecule is C[C@@H](c1ccccc1)N1Cc2ccccc2OC/C=C\COc2ccccc2CN([C@@H](C)c2ccccc2)Cc2c(ccc3ccccc23)OCCOc2ccc3ccccc3c2C1. The molecule has 1 aliphatic heterocycles. The largest absolute Gasteiger partial charge is 0.490 e. The molecule has 2 atom stereocenters. The van der Waals surface area contributed by atoms with Crippen molar-refractivity contribution in [1.29, 1.82) is 0 Å². The molecule has 8 aromatic carbocycles. The van der Waals surface area contributed by atoms with E-state index in [1.54, 1.807) is 0 Å². The first-order valence-electron chi connectivity index (χ1n) is 22.5. The maximum Gasteiger partial charge on any atom is 0.124 e. The third kappa shape index (κ3) is 10.00. The summed E-state index contributed by atoms with van der Waals surface area (Å²) in [7, 11) is 0. The van der Waals surface area contributed by atoms with Gasteiger partial charge in [0.1, 0.15) is 49.4 Å². The lowest BCUT2D eigenvalue weighted by Crippen LogP contribution is -2.27. The number of hydrogen-bond donors (Lipinski definition) is 0. The molecule has 64 heavy (non-hydrogen) atoms. The van der Waals surface area contributed by atoms with Gasteiger partial charge in [-0.2, -0.15) is 0 Å². The van der Waals surface area contributed by atoms with Gasteiger partial charge in [-0.05, 0) is 82.9 Å². The maximum absolute atomic E-state index is 6.79. The van der Waals surface area contributed by atoms with Crippen LogP contribution in [0.4, 0.5) is 0 Å². The summed E-state index contributed by atoms with van der Waals surface area (Å²) in [5.74, 6) is 3.45. The van der Waals surface area contributed by atoms with Crippen LogP contribution in [0.25, 0.3) is 21.5 Å². The van der Waals surface area contributed by atoms with Crippen LogP contribution in [-0.4, -0.2) is 36.2 Å². The fourth-order valence-corrected chi connectivity index (χ4v) is 8.88. The molecule has 0 N–H and O–H groups in total. The molecule has 1 aliphatic rings. The van der Waals surface area contributed by atoms with Crippen molar-refractivity contribution >= 4 is 21.5 Å². The highest BCUT2D eigenvalue weighted by atomic mass is 16.5. The number of hydrogen-bond acceptors (Lipinski definition) is 6. The Balaban J connectivity index is 1.10. The van der Waals surface area contributed by atoms with Crippen molar-refractivity contribution in [1.82, 2.24) is 9.80 Å². The number of ether oxygens (including phenoxy) is 4. The number of fused-ring (bicyclic) bond motifs is 8. The monoisotopic (exact) mass is 844 g/mol. The third-order valence-electron chi connectivity index (χ3n) is 12.5. The van der Waals surface area contributed by atoms with Gasteiger partial charge in [0.05, 0.1) is 0 Å². The highest BCUT2D eigenvalue weighted by molar-refractivity contribution is 5.88. The second-order valence-electron chi connectivity index (χ2n) is 16.5. The molecule has 322 valence electrons. The van der Waals surface area contributed by atoms with Crippen molar-refractivity contribution in [3.05, 3.63) is 228 Å². The van der Waals surface area contributed by atoms with Crippen molar-refractivity contribution in [2.24, 2.45) is 0 Å². The summed E-state index contributed by atoms with van der Waals surface area (Å²) < 4.78 is 26.6. The van der Waals surface area contributed by atoms with Crippen molar-refractivity contribution < 1.29 is 18.9 Å². The lowest BCUT2D eigenvalue weighted by atomic mass is 10.00. The van der Waals surface area contributed by atoms with Crippen LogP contribution < -0.4 is 18.9 Å². The molecule has 8 aromatic rings. The van der Waals surface area contributed by atoms with E-state index in [1.165, 1.54) is 32.7 Å². The summed E-state index contributed by atoms with van der Waals surface area (Å²) in [6.07, 6.45) is 4.10. The van der Waals surface area contributed by atoms with Gasteiger partial charge in [-0.3, -0.25) is 9.80 Å². The maximum atomic E-state index is 6.79. The van der Waals surface area contributed by atoms with Crippen LogP contribution in [-0.2, 0) is 26.2 Å². The van der Waals surface area contributed by atoms with Crippen LogP contribution in [0.3, 0.4) is 0 Å². The second-order valence-corrected chi connectivity index (χ2v) is 16.5. The molecule has 0 saturated heterocycles.